The maximum Gasteiger partial charge on any atom is 0.176 e. The molecular weight excluding hydrogens is 224 g/mol. The van der Waals surface area contributed by atoms with Gasteiger partial charge in [0.25, 0.3) is 0 Å². The molecule has 15 heavy (non-hydrogen) atoms. The van der Waals surface area contributed by atoms with Crippen molar-refractivity contribution in [2.45, 2.75) is 13.3 Å². The second-order valence-corrected chi connectivity index (χ2v) is 5.81. The van der Waals surface area contributed by atoms with E-state index in [1.54, 1.807) is 22.7 Å². The van der Waals surface area contributed by atoms with Crippen molar-refractivity contribution in [2.24, 2.45) is 5.92 Å². The Hall–Kier alpha value is -0.930. The summed E-state index contributed by atoms with van der Waals surface area (Å²) >= 11 is 3.34. The van der Waals surface area contributed by atoms with Crippen LogP contribution in [0.4, 0.5) is 0 Å². The lowest BCUT2D eigenvalue weighted by Gasteiger charge is -2.04. The average molecular weight is 234 g/mol. The number of thiophene rings is 2. The van der Waals surface area contributed by atoms with Crippen molar-refractivity contribution in [3.63, 3.8) is 0 Å². The Morgan fingerprint density at radius 3 is 2.80 bits per heavy atom. The Bertz CT molecular complexity index is 521. The second-order valence-electron chi connectivity index (χ2n) is 3.89. The van der Waals surface area contributed by atoms with Gasteiger partial charge in [-0.05, 0) is 34.9 Å². The minimum atomic E-state index is 0.127. The van der Waals surface area contributed by atoms with Crippen LogP contribution in [0.15, 0.2) is 22.9 Å². The topological polar surface area (TPSA) is 17.1 Å². The van der Waals surface area contributed by atoms with Gasteiger partial charge in [0.15, 0.2) is 5.78 Å². The molecule has 2 heterocycles. The van der Waals surface area contributed by atoms with Crippen LogP contribution in [0.1, 0.15) is 21.5 Å². The molecule has 0 amide bonds. The van der Waals surface area contributed by atoms with Crippen molar-refractivity contribution in [1.29, 1.82) is 0 Å². The summed E-state index contributed by atoms with van der Waals surface area (Å²) < 4.78 is 0. The fraction of sp³-hybridized carbons (Fsp3) is 0.250. The van der Waals surface area contributed by atoms with Gasteiger partial charge in [0, 0.05) is 16.4 Å². The van der Waals surface area contributed by atoms with Crippen LogP contribution in [0, 0.1) is 5.92 Å². The second kappa shape index (κ2) is 3.29. The van der Waals surface area contributed by atoms with E-state index < -0.39 is 0 Å². The van der Waals surface area contributed by atoms with Crippen LogP contribution < -0.4 is 0 Å². The number of Topliss-reactive ketones (excluding diaryl/α,β-unsaturated/α-hetero) is 1. The molecule has 1 aliphatic rings. The molecule has 1 unspecified atom stereocenters. The van der Waals surface area contributed by atoms with E-state index in [0.29, 0.717) is 5.78 Å². The van der Waals surface area contributed by atoms with Gasteiger partial charge in [0.05, 0.1) is 4.88 Å². The van der Waals surface area contributed by atoms with Gasteiger partial charge in [-0.2, -0.15) is 0 Å². The van der Waals surface area contributed by atoms with E-state index >= 15 is 0 Å². The Morgan fingerprint density at radius 2 is 1.93 bits per heavy atom. The number of carbonyl (C=O) groups excluding carboxylic acids is 1. The summed E-state index contributed by atoms with van der Waals surface area (Å²) in [4.78, 5) is 14.4. The van der Waals surface area contributed by atoms with E-state index in [4.69, 9.17) is 0 Å². The number of ketones is 1. The summed E-state index contributed by atoms with van der Waals surface area (Å²) in [6.45, 7) is 2.03. The van der Waals surface area contributed by atoms with Gasteiger partial charge in [-0.15, -0.1) is 22.7 Å². The summed E-state index contributed by atoms with van der Waals surface area (Å²) in [5, 5.41) is 4.14. The van der Waals surface area contributed by atoms with Crippen molar-refractivity contribution in [2.75, 3.05) is 0 Å². The molecular formula is C12H10OS2. The van der Waals surface area contributed by atoms with Crippen LogP contribution in [0.3, 0.4) is 0 Å². The molecule has 2 aromatic heterocycles. The lowest BCUT2D eigenvalue weighted by molar-refractivity contribution is 0.0936. The van der Waals surface area contributed by atoms with Crippen LogP contribution in [0.5, 0.6) is 0 Å². The molecule has 3 rings (SSSR count). The van der Waals surface area contributed by atoms with Crippen LogP contribution >= 0.6 is 22.7 Å². The van der Waals surface area contributed by atoms with Crippen molar-refractivity contribution < 1.29 is 4.79 Å². The molecule has 2 aromatic rings. The third-order valence-electron chi connectivity index (χ3n) is 2.86. The van der Waals surface area contributed by atoms with Crippen LogP contribution in [0.25, 0.3) is 11.1 Å². The Labute approximate surface area is 96.4 Å². The first-order valence-corrected chi connectivity index (χ1v) is 6.71. The van der Waals surface area contributed by atoms with Gasteiger partial charge < -0.3 is 0 Å². The fourth-order valence-corrected chi connectivity index (χ4v) is 4.03. The lowest BCUT2D eigenvalue weighted by Crippen LogP contribution is -2.10. The van der Waals surface area contributed by atoms with E-state index in [-0.39, 0.29) is 5.92 Å². The van der Waals surface area contributed by atoms with Gasteiger partial charge in [-0.3, -0.25) is 4.79 Å². The number of hydrogen-bond donors (Lipinski definition) is 0. The molecule has 3 heteroatoms. The third-order valence-corrected chi connectivity index (χ3v) is 4.74. The molecule has 0 saturated heterocycles. The summed E-state index contributed by atoms with van der Waals surface area (Å²) in [6.07, 6.45) is 0.896. The first-order valence-electron chi connectivity index (χ1n) is 4.96. The maximum atomic E-state index is 12.1. The molecule has 0 radical (unpaired) electrons. The normalized spacial score (nSPS) is 19.5. The lowest BCUT2D eigenvalue weighted by atomic mass is 10.0. The summed E-state index contributed by atoms with van der Waals surface area (Å²) in [6, 6.07) is 4.21. The molecule has 0 spiro atoms. The summed E-state index contributed by atoms with van der Waals surface area (Å²) in [7, 11) is 0. The van der Waals surface area contributed by atoms with E-state index in [2.05, 4.69) is 17.5 Å². The standard InChI is InChI=1S/C12H10OS2/c1-7-6-10-8(2-4-14-10)9-3-5-15-12(9)11(7)13/h2-5,7H,6H2,1H3. The molecule has 0 aliphatic heterocycles. The van der Waals surface area contributed by atoms with Gasteiger partial charge in [0.2, 0.25) is 0 Å². The summed E-state index contributed by atoms with van der Waals surface area (Å²) in [5.74, 6) is 0.436. The predicted molar refractivity (Wildman–Crippen MR) is 64.8 cm³/mol. The van der Waals surface area contributed by atoms with E-state index in [1.165, 1.54) is 10.4 Å². The number of carbonyl (C=O) groups is 1. The molecule has 0 N–H and O–H groups in total. The fourth-order valence-electron chi connectivity index (χ4n) is 2.05. The first kappa shape index (κ1) is 9.31. The van der Waals surface area contributed by atoms with Crippen LogP contribution in [0.2, 0.25) is 0 Å². The molecule has 0 saturated carbocycles. The quantitative estimate of drug-likeness (QED) is 0.676. The van der Waals surface area contributed by atoms with Gasteiger partial charge in [-0.25, -0.2) is 0 Å². The van der Waals surface area contributed by atoms with Crippen molar-refractivity contribution in [3.8, 4) is 11.1 Å². The Kier molecular flexibility index (Phi) is 2.04. The van der Waals surface area contributed by atoms with E-state index in [0.717, 1.165) is 16.9 Å². The largest absolute Gasteiger partial charge is 0.293 e. The molecule has 1 aliphatic carbocycles. The highest BCUT2D eigenvalue weighted by Gasteiger charge is 2.27. The Balaban J connectivity index is 2.30. The molecule has 0 bridgehead atoms. The molecule has 1 atom stereocenters. The smallest absolute Gasteiger partial charge is 0.176 e. The molecule has 0 fully saturated rings. The SMILES string of the molecule is CC1Cc2sccc2-c2ccsc2C1=O. The highest BCUT2D eigenvalue weighted by atomic mass is 32.1. The van der Waals surface area contributed by atoms with Gasteiger partial charge in [0.1, 0.15) is 0 Å². The minimum Gasteiger partial charge on any atom is -0.293 e. The molecule has 1 nitrogen and oxygen atoms in total. The highest BCUT2D eigenvalue weighted by Crippen LogP contribution is 2.39. The Morgan fingerprint density at radius 1 is 1.20 bits per heavy atom. The number of hydrogen-bond acceptors (Lipinski definition) is 3. The third kappa shape index (κ3) is 1.30. The number of rotatable bonds is 0. The highest BCUT2D eigenvalue weighted by molar-refractivity contribution is 7.13. The minimum absolute atomic E-state index is 0.127. The maximum absolute atomic E-state index is 12.1. The van der Waals surface area contributed by atoms with Crippen molar-refractivity contribution in [3.05, 3.63) is 32.6 Å². The number of fused-ring (bicyclic) bond motifs is 3. The first-order chi connectivity index (χ1) is 7.27. The molecule has 76 valence electrons. The average Bonchev–Trinajstić information content (AvgIpc) is 2.81. The van der Waals surface area contributed by atoms with E-state index in [9.17, 15) is 4.79 Å². The van der Waals surface area contributed by atoms with Crippen molar-refractivity contribution >= 4 is 28.5 Å². The predicted octanol–water partition coefficient (Wildman–Crippen LogP) is 3.85. The van der Waals surface area contributed by atoms with E-state index in [1.807, 2.05) is 12.3 Å². The van der Waals surface area contributed by atoms with Crippen molar-refractivity contribution in [1.82, 2.24) is 0 Å². The molecule has 0 aromatic carbocycles. The van der Waals surface area contributed by atoms with Crippen LogP contribution in [-0.2, 0) is 6.42 Å². The summed E-state index contributed by atoms with van der Waals surface area (Å²) in [5.41, 5.74) is 2.42. The monoisotopic (exact) mass is 234 g/mol. The zero-order chi connectivity index (χ0) is 10.4. The zero-order valence-corrected chi connectivity index (χ0v) is 9.95. The van der Waals surface area contributed by atoms with Gasteiger partial charge >= 0.3 is 0 Å². The zero-order valence-electron chi connectivity index (χ0n) is 8.32. The van der Waals surface area contributed by atoms with Crippen LogP contribution in [-0.4, -0.2) is 5.78 Å². The van der Waals surface area contributed by atoms with Gasteiger partial charge in [-0.1, -0.05) is 6.92 Å².